The van der Waals surface area contributed by atoms with Crippen molar-refractivity contribution in [1.29, 1.82) is 0 Å². The van der Waals surface area contributed by atoms with Gasteiger partial charge in [0, 0.05) is 25.5 Å². The van der Waals surface area contributed by atoms with Crippen LogP contribution in [0.3, 0.4) is 0 Å². The van der Waals surface area contributed by atoms with Gasteiger partial charge in [-0.1, -0.05) is 12.1 Å². The van der Waals surface area contributed by atoms with Crippen LogP contribution in [0.5, 0.6) is 5.75 Å². The van der Waals surface area contributed by atoms with Gasteiger partial charge in [-0.15, -0.1) is 0 Å². The summed E-state index contributed by atoms with van der Waals surface area (Å²) in [5, 5.41) is 13.7. The number of carbonyl (C=O) groups is 1. The van der Waals surface area contributed by atoms with Gasteiger partial charge < -0.3 is 20.1 Å². The Balaban J connectivity index is 1.53. The summed E-state index contributed by atoms with van der Waals surface area (Å²) in [5.74, 6) is 1.25. The third-order valence-corrected chi connectivity index (χ3v) is 4.53. The molecular formula is C19H24N4O3. The molecule has 2 heterocycles. The number of hydrogen-bond donors (Lipinski definition) is 2. The highest BCUT2D eigenvalue weighted by Crippen LogP contribution is 2.23. The first-order valence-corrected chi connectivity index (χ1v) is 8.72. The lowest BCUT2D eigenvalue weighted by molar-refractivity contribution is -0.121. The van der Waals surface area contributed by atoms with Gasteiger partial charge in [0.2, 0.25) is 11.9 Å². The summed E-state index contributed by atoms with van der Waals surface area (Å²) in [6.07, 6.45) is 5.10. The molecule has 0 spiro atoms. The maximum absolute atomic E-state index is 12.2. The molecule has 2 aromatic rings. The van der Waals surface area contributed by atoms with Crippen LogP contribution < -0.4 is 15.0 Å². The van der Waals surface area contributed by atoms with Crippen LogP contribution in [-0.2, 0) is 11.2 Å². The predicted molar refractivity (Wildman–Crippen MR) is 98.1 cm³/mol. The fraction of sp³-hybridized carbons (Fsp3) is 0.421. The summed E-state index contributed by atoms with van der Waals surface area (Å²) in [6.45, 7) is 1.41. The fourth-order valence-corrected chi connectivity index (χ4v) is 3.14. The van der Waals surface area contributed by atoms with Gasteiger partial charge in [0.25, 0.3) is 0 Å². The molecule has 1 unspecified atom stereocenters. The van der Waals surface area contributed by atoms with Crippen LogP contribution in [0.1, 0.15) is 18.4 Å². The maximum atomic E-state index is 12.2. The summed E-state index contributed by atoms with van der Waals surface area (Å²) in [4.78, 5) is 22.6. The molecule has 1 aliphatic rings. The number of aromatic nitrogens is 2. The largest absolute Gasteiger partial charge is 0.497 e. The average Bonchev–Trinajstić information content (AvgIpc) is 2.68. The van der Waals surface area contributed by atoms with E-state index in [1.54, 1.807) is 25.6 Å². The van der Waals surface area contributed by atoms with Crippen molar-refractivity contribution < 1.29 is 14.6 Å². The van der Waals surface area contributed by atoms with E-state index in [4.69, 9.17) is 4.74 Å². The highest BCUT2D eigenvalue weighted by Gasteiger charge is 2.34. The van der Waals surface area contributed by atoms with E-state index in [9.17, 15) is 9.90 Å². The quantitative estimate of drug-likeness (QED) is 0.808. The molecule has 1 aliphatic heterocycles. The van der Waals surface area contributed by atoms with Crippen LogP contribution >= 0.6 is 0 Å². The van der Waals surface area contributed by atoms with Gasteiger partial charge >= 0.3 is 0 Å². The maximum Gasteiger partial charge on any atom is 0.225 e. The first-order valence-electron chi connectivity index (χ1n) is 8.72. The Morgan fingerprint density at radius 2 is 2.04 bits per heavy atom. The van der Waals surface area contributed by atoms with Gasteiger partial charge in [0.05, 0.1) is 25.7 Å². The first kappa shape index (κ1) is 18.1. The van der Waals surface area contributed by atoms with Crippen LogP contribution in [0.15, 0.2) is 42.7 Å². The molecule has 7 nitrogen and oxygen atoms in total. The summed E-state index contributed by atoms with van der Waals surface area (Å²) < 4.78 is 5.11. The third kappa shape index (κ3) is 4.70. The molecule has 0 aliphatic carbocycles. The number of methoxy groups -OCH3 is 1. The molecule has 1 saturated heterocycles. The first-order chi connectivity index (χ1) is 12.6. The molecule has 0 radical (unpaired) electrons. The van der Waals surface area contributed by atoms with Gasteiger partial charge in [0.1, 0.15) is 5.75 Å². The SMILES string of the molecule is COc1ccc(CC(=O)NCC2(O)CCCN(c3ncccn3)C2)cc1. The highest BCUT2D eigenvalue weighted by molar-refractivity contribution is 5.78. The minimum atomic E-state index is -0.979. The predicted octanol–water partition coefficient (Wildman–Crippen LogP) is 1.18. The molecule has 7 heteroatoms. The minimum Gasteiger partial charge on any atom is -0.497 e. The van der Waals surface area contributed by atoms with E-state index in [2.05, 4.69) is 15.3 Å². The number of benzene rings is 1. The van der Waals surface area contributed by atoms with E-state index >= 15 is 0 Å². The van der Waals surface area contributed by atoms with Gasteiger partial charge in [-0.25, -0.2) is 9.97 Å². The van der Waals surface area contributed by atoms with Crippen molar-refractivity contribution in [3.05, 3.63) is 48.3 Å². The summed E-state index contributed by atoms with van der Waals surface area (Å²) in [6, 6.07) is 9.15. The van der Waals surface area contributed by atoms with Crippen LogP contribution in [0.4, 0.5) is 5.95 Å². The van der Waals surface area contributed by atoms with Crippen LogP contribution in [0.25, 0.3) is 0 Å². The topological polar surface area (TPSA) is 87.6 Å². The number of amides is 1. The number of anilines is 1. The Morgan fingerprint density at radius 3 is 2.73 bits per heavy atom. The number of rotatable bonds is 6. The molecule has 138 valence electrons. The lowest BCUT2D eigenvalue weighted by Crippen LogP contribution is -2.54. The monoisotopic (exact) mass is 356 g/mol. The van der Waals surface area contributed by atoms with Crippen molar-refractivity contribution in [2.45, 2.75) is 24.9 Å². The van der Waals surface area contributed by atoms with Crippen molar-refractivity contribution in [2.75, 3.05) is 31.6 Å². The summed E-state index contributed by atoms with van der Waals surface area (Å²) in [7, 11) is 1.61. The van der Waals surface area contributed by atoms with E-state index in [-0.39, 0.29) is 18.9 Å². The standard InChI is InChI=1S/C19H24N4O3/c1-26-16-6-4-15(5-7-16)12-17(24)22-13-19(25)8-2-11-23(14-19)18-20-9-3-10-21-18/h3-7,9-10,25H,2,8,11-14H2,1H3,(H,22,24). The molecule has 0 saturated carbocycles. The zero-order valence-corrected chi connectivity index (χ0v) is 14.9. The van der Waals surface area contributed by atoms with E-state index in [1.165, 1.54) is 0 Å². The molecule has 0 bridgehead atoms. The molecule has 1 aromatic carbocycles. The average molecular weight is 356 g/mol. The summed E-state index contributed by atoms with van der Waals surface area (Å²) >= 11 is 0. The van der Waals surface area contributed by atoms with Gasteiger partial charge in [-0.2, -0.15) is 0 Å². The lowest BCUT2D eigenvalue weighted by atomic mass is 9.93. The molecule has 1 atom stereocenters. The molecule has 26 heavy (non-hydrogen) atoms. The van der Waals surface area contributed by atoms with Gasteiger partial charge in [0.15, 0.2) is 0 Å². The number of aliphatic hydroxyl groups is 1. The zero-order chi connectivity index (χ0) is 18.4. The molecule has 1 amide bonds. The molecule has 1 fully saturated rings. The molecular weight excluding hydrogens is 332 g/mol. The van der Waals surface area contributed by atoms with Crippen LogP contribution in [-0.4, -0.2) is 53.3 Å². The van der Waals surface area contributed by atoms with Crippen LogP contribution in [0.2, 0.25) is 0 Å². The Bertz CT molecular complexity index is 723. The number of ether oxygens (including phenoxy) is 1. The number of nitrogens with one attached hydrogen (secondary N) is 1. The fourth-order valence-electron chi connectivity index (χ4n) is 3.14. The normalized spacial score (nSPS) is 19.8. The number of carbonyl (C=O) groups excluding carboxylic acids is 1. The zero-order valence-electron chi connectivity index (χ0n) is 14.9. The Labute approximate surface area is 153 Å². The van der Waals surface area contributed by atoms with Crippen molar-refractivity contribution in [2.24, 2.45) is 0 Å². The smallest absolute Gasteiger partial charge is 0.225 e. The van der Waals surface area contributed by atoms with Crippen molar-refractivity contribution in [3.63, 3.8) is 0 Å². The number of hydrogen-bond acceptors (Lipinski definition) is 6. The third-order valence-electron chi connectivity index (χ3n) is 4.53. The Kier molecular flexibility index (Phi) is 5.68. The second-order valence-electron chi connectivity index (χ2n) is 6.60. The Morgan fingerprint density at radius 1 is 1.31 bits per heavy atom. The number of β-amino-alcohol motifs (C(OH)–C–C–N with tert-alkyl or cyclic N) is 1. The van der Waals surface area contributed by atoms with Crippen molar-refractivity contribution in [3.8, 4) is 5.75 Å². The van der Waals surface area contributed by atoms with E-state index in [0.29, 0.717) is 18.9 Å². The highest BCUT2D eigenvalue weighted by atomic mass is 16.5. The number of piperidine rings is 1. The second kappa shape index (κ2) is 8.14. The van der Waals surface area contributed by atoms with E-state index < -0.39 is 5.60 Å². The second-order valence-corrected chi connectivity index (χ2v) is 6.60. The Hall–Kier alpha value is -2.67. The molecule has 3 rings (SSSR count). The van der Waals surface area contributed by atoms with E-state index in [1.807, 2.05) is 29.2 Å². The lowest BCUT2D eigenvalue weighted by Gasteiger charge is -2.39. The summed E-state index contributed by atoms with van der Waals surface area (Å²) in [5.41, 5.74) is -0.0780. The molecule has 1 aromatic heterocycles. The van der Waals surface area contributed by atoms with Crippen molar-refractivity contribution in [1.82, 2.24) is 15.3 Å². The molecule has 2 N–H and O–H groups in total. The van der Waals surface area contributed by atoms with Crippen molar-refractivity contribution >= 4 is 11.9 Å². The van der Waals surface area contributed by atoms with Gasteiger partial charge in [-0.3, -0.25) is 4.79 Å². The van der Waals surface area contributed by atoms with Gasteiger partial charge in [-0.05, 0) is 36.6 Å². The van der Waals surface area contributed by atoms with E-state index in [0.717, 1.165) is 24.3 Å². The minimum absolute atomic E-state index is 0.114. The van der Waals surface area contributed by atoms with Crippen LogP contribution in [0, 0.1) is 0 Å². The number of nitrogens with zero attached hydrogens (tertiary/aromatic N) is 3.